The van der Waals surface area contributed by atoms with Crippen LogP contribution in [0, 0.1) is 19.8 Å². The van der Waals surface area contributed by atoms with Crippen LogP contribution in [0.2, 0.25) is 5.02 Å². The Labute approximate surface area is 142 Å². The molecule has 23 heavy (non-hydrogen) atoms. The summed E-state index contributed by atoms with van der Waals surface area (Å²) in [5, 5.41) is 3.38. The molecule has 1 atom stereocenters. The molecule has 0 bridgehead atoms. The molecule has 1 rings (SSSR count). The third-order valence-corrected chi connectivity index (χ3v) is 3.73. The summed E-state index contributed by atoms with van der Waals surface area (Å²) in [4.78, 5) is 23.3. The molecule has 0 aliphatic heterocycles. The molecule has 0 aliphatic rings. The number of halogens is 1. The number of esters is 1. The molecule has 0 heterocycles. The van der Waals surface area contributed by atoms with Crippen LogP contribution in [-0.2, 0) is 14.3 Å². The molecule has 1 N–H and O–H groups in total. The summed E-state index contributed by atoms with van der Waals surface area (Å²) in [6, 6.07) is 3.54. The predicted molar refractivity (Wildman–Crippen MR) is 89.8 cm³/mol. The molecule has 0 fully saturated rings. The van der Waals surface area contributed by atoms with Gasteiger partial charge in [-0.25, -0.2) is 4.79 Å². The summed E-state index contributed by atoms with van der Waals surface area (Å²) in [5.74, 6) is 0.00238. The van der Waals surface area contributed by atoms with Crippen LogP contribution in [0.25, 0.3) is 0 Å². The van der Waals surface area contributed by atoms with Gasteiger partial charge >= 0.3 is 5.97 Å². The Morgan fingerprint density at radius 2 is 1.70 bits per heavy atom. The molecule has 0 aliphatic carbocycles. The van der Waals surface area contributed by atoms with Crippen LogP contribution in [0.1, 0.15) is 31.9 Å². The highest BCUT2D eigenvalue weighted by Crippen LogP contribution is 2.26. The lowest BCUT2D eigenvalue weighted by Gasteiger charge is -2.17. The van der Waals surface area contributed by atoms with Crippen molar-refractivity contribution in [3.63, 3.8) is 0 Å². The lowest BCUT2D eigenvalue weighted by molar-refractivity contribution is -0.150. The molecule has 0 spiro atoms. The van der Waals surface area contributed by atoms with E-state index in [-0.39, 0.29) is 25.2 Å². The number of hydrogen-bond acceptors (Lipinski definition) is 4. The molecule has 0 radical (unpaired) electrons. The highest BCUT2D eigenvalue weighted by molar-refractivity contribution is 6.30. The van der Waals surface area contributed by atoms with Crippen molar-refractivity contribution < 1.29 is 19.1 Å². The molecular formula is C17H24ClNO4. The fourth-order valence-corrected chi connectivity index (χ4v) is 2.23. The van der Waals surface area contributed by atoms with Gasteiger partial charge in [-0.05, 0) is 49.9 Å². The molecule has 6 heteroatoms. The second-order valence-electron chi connectivity index (χ2n) is 5.92. The van der Waals surface area contributed by atoms with Gasteiger partial charge in [-0.15, -0.1) is 0 Å². The van der Waals surface area contributed by atoms with E-state index in [2.05, 4.69) is 5.32 Å². The van der Waals surface area contributed by atoms with E-state index in [9.17, 15) is 9.59 Å². The second kappa shape index (κ2) is 8.77. The van der Waals surface area contributed by atoms with Gasteiger partial charge in [-0.2, -0.15) is 0 Å². The SMILES string of the molecule is Cc1cc(Cl)cc(C)c1OCC(=O)OCC(=O)N[C@@H](C)C(C)C. The van der Waals surface area contributed by atoms with Crippen molar-refractivity contribution in [1.82, 2.24) is 5.32 Å². The normalized spacial score (nSPS) is 12.0. The maximum atomic E-state index is 11.7. The topological polar surface area (TPSA) is 64.6 Å². The first-order chi connectivity index (χ1) is 10.7. The van der Waals surface area contributed by atoms with Crippen molar-refractivity contribution in [3.05, 3.63) is 28.3 Å². The average molecular weight is 342 g/mol. The highest BCUT2D eigenvalue weighted by atomic mass is 35.5. The van der Waals surface area contributed by atoms with Gasteiger partial charge in [0.15, 0.2) is 13.2 Å². The van der Waals surface area contributed by atoms with Gasteiger partial charge in [0.1, 0.15) is 5.75 Å². The number of aryl methyl sites for hydroxylation is 2. The van der Waals surface area contributed by atoms with Crippen LogP contribution in [-0.4, -0.2) is 31.1 Å². The molecule has 0 saturated heterocycles. The summed E-state index contributed by atoms with van der Waals surface area (Å²) >= 11 is 5.94. The average Bonchev–Trinajstić information content (AvgIpc) is 2.43. The van der Waals surface area contributed by atoms with Crippen LogP contribution >= 0.6 is 11.6 Å². The Bertz CT molecular complexity index is 549. The molecule has 0 unspecified atom stereocenters. The first kappa shape index (κ1) is 19.3. The molecule has 128 valence electrons. The van der Waals surface area contributed by atoms with Gasteiger partial charge < -0.3 is 14.8 Å². The van der Waals surface area contributed by atoms with Crippen LogP contribution in [0.5, 0.6) is 5.75 Å². The van der Waals surface area contributed by atoms with Gasteiger partial charge in [0.25, 0.3) is 5.91 Å². The lowest BCUT2D eigenvalue weighted by atomic mass is 10.1. The number of benzene rings is 1. The lowest BCUT2D eigenvalue weighted by Crippen LogP contribution is -2.39. The van der Waals surface area contributed by atoms with Crippen molar-refractivity contribution in [1.29, 1.82) is 0 Å². The summed E-state index contributed by atoms with van der Waals surface area (Å²) in [7, 11) is 0. The number of ether oxygens (including phenoxy) is 2. The number of carbonyl (C=O) groups excluding carboxylic acids is 2. The smallest absolute Gasteiger partial charge is 0.344 e. The van der Waals surface area contributed by atoms with E-state index in [1.165, 1.54) is 0 Å². The zero-order valence-corrected chi connectivity index (χ0v) is 15.0. The van der Waals surface area contributed by atoms with Gasteiger partial charge in [-0.3, -0.25) is 4.79 Å². The Balaban J connectivity index is 2.42. The number of hydrogen-bond donors (Lipinski definition) is 1. The monoisotopic (exact) mass is 341 g/mol. The van der Waals surface area contributed by atoms with Gasteiger partial charge in [-0.1, -0.05) is 25.4 Å². The van der Waals surface area contributed by atoms with E-state index in [1.807, 2.05) is 34.6 Å². The van der Waals surface area contributed by atoms with Crippen LogP contribution < -0.4 is 10.1 Å². The Morgan fingerprint density at radius 3 is 2.22 bits per heavy atom. The molecular weight excluding hydrogens is 318 g/mol. The second-order valence-corrected chi connectivity index (χ2v) is 6.35. The number of amides is 1. The summed E-state index contributed by atoms with van der Waals surface area (Å²) in [5.41, 5.74) is 1.68. The highest BCUT2D eigenvalue weighted by Gasteiger charge is 2.14. The van der Waals surface area contributed by atoms with Gasteiger partial charge in [0.2, 0.25) is 0 Å². The summed E-state index contributed by atoms with van der Waals surface area (Å²) in [6.07, 6.45) is 0. The Morgan fingerprint density at radius 1 is 1.13 bits per heavy atom. The zero-order valence-electron chi connectivity index (χ0n) is 14.2. The molecule has 1 aromatic rings. The van der Waals surface area contributed by atoms with E-state index < -0.39 is 5.97 Å². The predicted octanol–water partition coefficient (Wildman–Crippen LogP) is 3.04. The quantitative estimate of drug-likeness (QED) is 0.774. The minimum atomic E-state index is -0.592. The standard InChI is InChI=1S/C17H24ClNO4/c1-10(2)13(5)19-15(20)8-22-16(21)9-23-17-11(3)6-14(18)7-12(17)4/h6-7,10,13H,8-9H2,1-5H3,(H,19,20)/t13-/m0/s1. The minimum Gasteiger partial charge on any atom is -0.481 e. The maximum absolute atomic E-state index is 11.7. The largest absolute Gasteiger partial charge is 0.481 e. The third kappa shape index (κ3) is 6.48. The fraction of sp³-hybridized carbons (Fsp3) is 0.529. The fourth-order valence-electron chi connectivity index (χ4n) is 1.91. The van der Waals surface area contributed by atoms with E-state index >= 15 is 0 Å². The van der Waals surface area contributed by atoms with E-state index in [0.29, 0.717) is 16.7 Å². The first-order valence-corrected chi connectivity index (χ1v) is 7.93. The van der Waals surface area contributed by atoms with Crippen molar-refractivity contribution >= 4 is 23.5 Å². The molecule has 1 amide bonds. The molecule has 5 nitrogen and oxygen atoms in total. The third-order valence-electron chi connectivity index (χ3n) is 3.51. The van der Waals surface area contributed by atoms with E-state index in [4.69, 9.17) is 21.1 Å². The van der Waals surface area contributed by atoms with E-state index in [0.717, 1.165) is 11.1 Å². The number of nitrogens with one attached hydrogen (secondary N) is 1. The molecule has 0 aromatic heterocycles. The van der Waals surface area contributed by atoms with Crippen molar-refractivity contribution in [2.24, 2.45) is 5.92 Å². The number of rotatable bonds is 7. The van der Waals surface area contributed by atoms with Gasteiger partial charge in [0.05, 0.1) is 0 Å². The van der Waals surface area contributed by atoms with Gasteiger partial charge in [0, 0.05) is 11.1 Å². The number of carbonyl (C=O) groups is 2. The first-order valence-electron chi connectivity index (χ1n) is 7.55. The van der Waals surface area contributed by atoms with Crippen LogP contribution in [0.4, 0.5) is 0 Å². The van der Waals surface area contributed by atoms with Crippen molar-refractivity contribution in [2.75, 3.05) is 13.2 Å². The summed E-state index contributed by atoms with van der Waals surface area (Å²) in [6.45, 7) is 9.04. The summed E-state index contributed by atoms with van der Waals surface area (Å²) < 4.78 is 10.4. The van der Waals surface area contributed by atoms with E-state index in [1.54, 1.807) is 12.1 Å². The van der Waals surface area contributed by atoms with Crippen molar-refractivity contribution in [3.8, 4) is 5.75 Å². The maximum Gasteiger partial charge on any atom is 0.344 e. The molecule has 0 saturated carbocycles. The van der Waals surface area contributed by atoms with Crippen molar-refractivity contribution in [2.45, 2.75) is 40.7 Å². The Hall–Kier alpha value is -1.75. The van der Waals surface area contributed by atoms with Crippen LogP contribution in [0.3, 0.4) is 0 Å². The Kier molecular flexibility index (Phi) is 7.36. The zero-order chi connectivity index (χ0) is 17.6. The molecule has 1 aromatic carbocycles. The van der Waals surface area contributed by atoms with Crippen LogP contribution in [0.15, 0.2) is 12.1 Å². The minimum absolute atomic E-state index is 0.0248.